The summed E-state index contributed by atoms with van der Waals surface area (Å²) in [6.45, 7) is -0.00374. The average molecular weight is 319 g/mol. The summed E-state index contributed by atoms with van der Waals surface area (Å²) in [5.74, 6) is -1.53. The number of benzene rings is 2. The van der Waals surface area contributed by atoms with Gasteiger partial charge in [-0.3, -0.25) is 0 Å². The van der Waals surface area contributed by atoms with Crippen molar-refractivity contribution in [2.24, 2.45) is 0 Å². The molecular formula is C17H15F2NO3. The van der Waals surface area contributed by atoms with E-state index in [0.717, 1.165) is 23.8 Å². The summed E-state index contributed by atoms with van der Waals surface area (Å²) >= 11 is 0. The van der Waals surface area contributed by atoms with Crippen LogP contribution in [0.2, 0.25) is 0 Å². The second kappa shape index (κ2) is 5.96. The maximum atomic E-state index is 13.2. The molecule has 3 rings (SSSR count). The fraction of sp³-hybridized carbons (Fsp3) is 0.235. The zero-order valence-electron chi connectivity index (χ0n) is 12.2. The molecule has 0 aliphatic carbocycles. The summed E-state index contributed by atoms with van der Waals surface area (Å²) in [6.07, 6.45) is -0.574. The van der Waals surface area contributed by atoms with Gasteiger partial charge in [0.15, 0.2) is 0 Å². The number of carbonyl (C=O) groups is 1. The number of amides is 1. The number of aliphatic hydroxyl groups is 1. The van der Waals surface area contributed by atoms with Crippen LogP contribution in [-0.2, 0) is 16.9 Å². The molecule has 0 bridgehead atoms. The van der Waals surface area contributed by atoms with Crippen molar-refractivity contribution in [3.63, 3.8) is 0 Å². The van der Waals surface area contributed by atoms with Crippen LogP contribution in [0, 0.1) is 11.6 Å². The molecule has 23 heavy (non-hydrogen) atoms. The van der Waals surface area contributed by atoms with Gasteiger partial charge in [0.1, 0.15) is 23.8 Å². The molecular weight excluding hydrogens is 304 g/mol. The second-order valence-electron chi connectivity index (χ2n) is 5.59. The number of rotatable bonds is 3. The SMILES string of the molecule is O=C(OCc1ccccc1)N1CC(O)(c2cc(F)cc(F)c2)C1. The number of hydrogen-bond donors (Lipinski definition) is 1. The Labute approximate surface area is 131 Å². The smallest absolute Gasteiger partial charge is 0.410 e. The van der Waals surface area contributed by atoms with Crippen molar-refractivity contribution >= 4 is 6.09 Å². The molecule has 6 heteroatoms. The Morgan fingerprint density at radius 1 is 1.13 bits per heavy atom. The van der Waals surface area contributed by atoms with E-state index in [0.29, 0.717) is 0 Å². The highest BCUT2D eigenvalue weighted by Gasteiger charge is 2.46. The molecule has 1 amide bonds. The summed E-state index contributed by atoms with van der Waals surface area (Å²) < 4.78 is 31.6. The van der Waals surface area contributed by atoms with E-state index in [2.05, 4.69) is 0 Å². The van der Waals surface area contributed by atoms with Crippen molar-refractivity contribution in [1.29, 1.82) is 0 Å². The first-order chi connectivity index (χ1) is 11.0. The summed E-state index contributed by atoms with van der Waals surface area (Å²) in [4.78, 5) is 13.2. The standard InChI is InChI=1S/C17H15F2NO3/c18-14-6-13(7-15(19)8-14)17(22)10-20(11-17)16(21)23-9-12-4-2-1-3-5-12/h1-8,22H,9-11H2. The van der Waals surface area contributed by atoms with Crippen molar-refractivity contribution in [2.75, 3.05) is 13.1 Å². The third-order valence-corrected chi connectivity index (χ3v) is 3.77. The molecule has 1 heterocycles. The molecule has 1 aliphatic rings. The van der Waals surface area contributed by atoms with E-state index in [1.54, 1.807) is 0 Å². The lowest BCUT2D eigenvalue weighted by Gasteiger charge is -2.45. The zero-order chi connectivity index (χ0) is 16.4. The molecule has 0 saturated carbocycles. The van der Waals surface area contributed by atoms with Crippen molar-refractivity contribution in [2.45, 2.75) is 12.2 Å². The first kappa shape index (κ1) is 15.4. The summed E-state index contributed by atoms with van der Waals surface area (Å²) in [6, 6.07) is 12.1. The van der Waals surface area contributed by atoms with Crippen LogP contribution in [0.15, 0.2) is 48.5 Å². The number of likely N-dealkylation sites (tertiary alicyclic amines) is 1. The van der Waals surface area contributed by atoms with Crippen molar-refractivity contribution in [3.05, 3.63) is 71.3 Å². The monoisotopic (exact) mass is 319 g/mol. The third kappa shape index (κ3) is 3.32. The fourth-order valence-electron chi connectivity index (χ4n) is 2.53. The predicted octanol–water partition coefficient (Wildman–Crippen LogP) is 2.80. The highest BCUT2D eigenvalue weighted by Crippen LogP contribution is 2.33. The fourth-order valence-corrected chi connectivity index (χ4v) is 2.53. The second-order valence-corrected chi connectivity index (χ2v) is 5.59. The molecule has 1 aliphatic heterocycles. The predicted molar refractivity (Wildman–Crippen MR) is 78.5 cm³/mol. The van der Waals surface area contributed by atoms with Gasteiger partial charge in [0.2, 0.25) is 0 Å². The van der Waals surface area contributed by atoms with Crippen LogP contribution in [0.4, 0.5) is 13.6 Å². The zero-order valence-corrected chi connectivity index (χ0v) is 12.2. The lowest BCUT2D eigenvalue weighted by Crippen LogP contribution is -2.61. The van der Waals surface area contributed by atoms with E-state index in [-0.39, 0.29) is 25.3 Å². The molecule has 2 aromatic rings. The molecule has 1 fully saturated rings. The first-order valence-electron chi connectivity index (χ1n) is 7.11. The van der Waals surface area contributed by atoms with Crippen LogP contribution < -0.4 is 0 Å². The topological polar surface area (TPSA) is 49.8 Å². The number of nitrogens with zero attached hydrogens (tertiary/aromatic N) is 1. The maximum absolute atomic E-state index is 13.2. The van der Waals surface area contributed by atoms with E-state index in [4.69, 9.17) is 4.74 Å². The van der Waals surface area contributed by atoms with Gasteiger partial charge in [-0.15, -0.1) is 0 Å². The minimum atomic E-state index is -1.45. The number of hydrogen-bond acceptors (Lipinski definition) is 3. The summed E-state index contributed by atoms with van der Waals surface area (Å²) in [7, 11) is 0. The molecule has 0 unspecified atom stereocenters. The molecule has 2 aromatic carbocycles. The number of ether oxygens (including phenoxy) is 1. The van der Waals surface area contributed by atoms with Gasteiger partial charge in [-0.05, 0) is 23.3 Å². The Kier molecular flexibility index (Phi) is 4.00. The van der Waals surface area contributed by atoms with E-state index in [1.807, 2.05) is 30.3 Å². The van der Waals surface area contributed by atoms with E-state index < -0.39 is 23.3 Å². The van der Waals surface area contributed by atoms with Gasteiger partial charge < -0.3 is 14.7 Å². The molecule has 0 atom stereocenters. The number of carbonyl (C=O) groups excluding carboxylic acids is 1. The molecule has 0 spiro atoms. The molecule has 120 valence electrons. The lowest BCUT2D eigenvalue weighted by molar-refractivity contribution is -0.0952. The molecule has 4 nitrogen and oxygen atoms in total. The third-order valence-electron chi connectivity index (χ3n) is 3.77. The Hall–Kier alpha value is -2.47. The molecule has 0 aromatic heterocycles. The highest BCUT2D eigenvalue weighted by atomic mass is 19.1. The van der Waals surface area contributed by atoms with Crippen molar-refractivity contribution in [3.8, 4) is 0 Å². The average Bonchev–Trinajstić information content (AvgIpc) is 2.49. The van der Waals surface area contributed by atoms with Crippen LogP contribution in [0.3, 0.4) is 0 Å². The van der Waals surface area contributed by atoms with Crippen LogP contribution >= 0.6 is 0 Å². The van der Waals surface area contributed by atoms with Crippen LogP contribution in [-0.4, -0.2) is 29.2 Å². The number of β-amino-alcohol motifs (C(OH)–C–C–N with tert-alkyl or cyclic N) is 1. The highest BCUT2D eigenvalue weighted by molar-refractivity contribution is 5.69. The normalized spacial score (nSPS) is 15.9. The van der Waals surface area contributed by atoms with E-state index in [9.17, 15) is 18.7 Å². The van der Waals surface area contributed by atoms with Gasteiger partial charge >= 0.3 is 6.09 Å². The Morgan fingerprint density at radius 3 is 2.35 bits per heavy atom. The van der Waals surface area contributed by atoms with Gasteiger partial charge in [-0.1, -0.05) is 30.3 Å². The number of halogens is 2. The van der Waals surface area contributed by atoms with E-state index in [1.165, 1.54) is 4.90 Å². The summed E-state index contributed by atoms with van der Waals surface area (Å²) in [5.41, 5.74) is -0.486. The van der Waals surface area contributed by atoms with E-state index >= 15 is 0 Å². The first-order valence-corrected chi connectivity index (χ1v) is 7.11. The van der Waals surface area contributed by atoms with Crippen molar-refractivity contribution < 1.29 is 23.4 Å². The Morgan fingerprint density at radius 2 is 1.74 bits per heavy atom. The van der Waals surface area contributed by atoms with Crippen LogP contribution in [0.1, 0.15) is 11.1 Å². The lowest BCUT2D eigenvalue weighted by atomic mass is 9.86. The largest absolute Gasteiger partial charge is 0.445 e. The minimum absolute atomic E-state index is 0.0660. The molecule has 1 saturated heterocycles. The quantitative estimate of drug-likeness (QED) is 0.946. The minimum Gasteiger partial charge on any atom is -0.445 e. The Balaban J connectivity index is 1.58. The van der Waals surface area contributed by atoms with Gasteiger partial charge in [-0.25, -0.2) is 13.6 Å². The van der Waals surface area contributed by atoms with Crippen LogP contribution in [0.25, 0.3) is 0 Å². The Bertz CT molecular complexity index is 695. The van der Waals surface area contributed by atoms with Crippen molar-refractivity contribution in [1.82, 2.24) is 4.90 Å². The van der Waals surface area contributed by atoms with Crippen LogP contribution in [0.5, 0.6) is 0 Å². The van der Waals surface area contributed by atoms with Gasteiger partial charge in [0, 0.05) is 6.07 Å². The molecule has 0 radical (unpaired) electrons. The maximum Gasteiger partial charge on any atom is 0.410 e. The van der Waals surface area contributed by atoms with Gasteiger partial charge in [0.25, 0.3) is 0 Å². The molecule has 1 N–H and O–H groups in total. The van der Waals surface area contributed by atoms with Gasteiger partial charge in [-0.2, -0.15) is 0 Å². The summed E-state index contributed by atoms with van der Waals surface area (Å²) in [5, 5.41) is 10.4. The van der Waals surface area contributed by atoms with Gasteiger partial charge in [0.05, 0.1) is 13.1 Å².